The van der Waals surface area contributed by atoms with Crippen LogP contribution < -0.4 is 4.90 Å². The van der Waals surface area contributed by atoms with E-state index in [4.69, 9.17) is 4.74 Å². The number of nitrogens with zero attached hydrogens (tertiary/aromatic N) is 4. The van der Waals surface area contributed by atoms with E-state index in [-0.39, 0.29) is 17.7 Å². The second-order valence-electron chi connectivity index (χ2n) is 4.77. The molecule has 0 aromatic carbocycles. The van der Waals surface area contributed by atoms with Gasteiger partial charge in [-0.15, -0.1) is 0 Å². The fraction of sp³-hybridized carbons (Fsp3) is 0.667. The smallest absolute Gasteiger partial charge is 0.406 e. The van der Waals surface area contributed by atoms with Crippen LogP contribution in [0.5, 0.6) is 0 Å². The van der Waals surface area contributed by atoms with Crippen LogP contribution in [0, 0.1) is 16.0 Å². The van der Waals surface area contributed by atoms with E-state index in [9.17, 15) is 14.9 Å². The van der Waals surface area contributed by atoms with Crippen LogP contribution in [0.4, 0.5) is 11.6 Å². The Labute approximate surface area is 116 Å². The molecule has 2 rings (SSSR count). The van der Waals surface area contributed by atoms with E-state index in [1.54, 1.807) is 18.5 Å². The maximum atomic E-state index is 11.7. The minimum absolute atomic E-state index is 0.113. The Balaban J connectivity index is 2.06. The molecule has 0 spiro atoms. The lowest BCUT2D eigenvalue weighted by atomic mass is 9.97. The first kappa shape index (κ1) is 14.3. The number of imidazole rings is 1. The molecule has 1 fully saturated rings. The van der Waals surface area contributed by atoms with Crippen molar-refractivity contribution in [2.45, 2.75) is 19.8 Å². The summed E-state index contributed by atoms with van der Waals surface area (Å²) in [5.74, 6) is 0.0736. The van der Waals surface area contributed by atoms with Crippen LogP contribution in [0.1, 0.15) is 19.8 Å². The SMILES string of the molecule is CCOC(=O)C1CCN(c2c([N+](=O)[O-])ncn2C)CC1. The van der Waals surface area contributed by atoms with Gasteiger partial charge in [-0.3, -0.25) is 9.36 Å². The minimum atomic E-state index is -0.479. The third-order valence-corrected chi connectivity index (χ3v) is 3.47. The number of esters is 1. The van der Waals surface area contributed by atoms with Gasteiger partial charge in [0.1, 0.15) is 0 Å². The Hall–Kier alpha value is -2.12. The van der Waals surface area contributed by atoms with Crippen molar-refractivity contribution in [3.63, 3.8) is 0 Å². The number of aryl methyl sites for hydroxylation is 1. The van der Waals surface area contributed by atoms with E-state index >= 15 is 0 Å². The van der Waals surface area contributed by atoms with E-state index in [1.165, 1.54) is 6.33 Å². The van der Waals surface area contributed by atoms with Gasteiger partial charge in [0.15, 0.2) is 0 Å². The van der Waals surface area contributed by atoms with Crippen LogP contribution in [0.2, 0.25) is 0 Å². The monoisotopic (exact) mass is 282 g/mol. The number of ether oxygens (including phenoxy) is 1. The zero-order valence-electron chi connectivity index (χ0n) is 11.6. The highest BCUT2D eigenvalue weighted by Crippen LogP contribution is 2.30. The number of rotatable bonds is 4. The lowest BCUT2D eigenvalue weighted by Gasteiger charge is -2.31. The molecule has 0 atom stereocenters. The van der Waals surface area contributed by atoms with Crippen LogP contribution >= 0.6 is 0 Å². The highest BCUT2D eigenvalue weighted by atomic mass is 16.6. The van der Waals surface area contributed by atoms with Crippen LogP contribution in [-0.2, 0) is 16.6 Å². The molecule has 1 aromatic rings. The molecule has 8 nitrogen and oxygen atoms in total. The van der Waals surface area contributed by atoms with Crippen molar-refractivity contribution in [3.05, 3.63) is 16.4 Å². The molecule has 110 valence electrons. The largest absolute Gasteiger partial charge is 0.466 e. The summed E-state index contributed by atoms with van der Waals surface area (Å²) in [5.41, 5.74) is 0. The van der Waals surface area contributed by atoms with Crippen LogP contribution in [-0.4, -0.2) is 40.1 Å². The topological polar surface area (TPSA) is 90.5 Å². The molecule has 1 aliphatic rings. The average Bonchev–Trinajstić information content (AvgIpc) is 2.81. The predicted molar refractivity (Wildman–Crippen MR) is 71.4 cm³/mol. The molecule has 0 unspecified atom stereocenters. The van der Waals surface area contributed by atoms with Gasteiger partial charge in [-0.1, -0.05) is 0 Å². The van der Waals surface area contributed by atoms with E-state index in [0.717, 1.165) is 0 Å². The summed E-state index contributed by atoms with van der Waals surface area (Å²) in [5, 5.41) is 11.0. The second-order valence-corrected chi connectivity index (χ2v) is 4.77. The van der Waals surface area contributed by atoms with Crippen LogP contribution in [0.15, 0.2) is 6.33 Å². The molecular formula is C12H18N4O4. The Morgan fingerprint density at radius 3 is 2.75 bits per heavy atom. The molecular weight excluding hydrogens is 264 g/mol. The Kier molecular flexibility index (Phi) is 4.21. The molecule has 0 amide bonds. The van der Waals surface area contributed by atoms with Crippen molar-refractivity contribution in [2.24, 2.45) is 13.0 Å². The van der Waals surface area contributed by atoms with Gasteiger partial charge in [-0.05, 0) is 29.7 Å². The fourth-order valence-corrected chi connectivity index (χ4v) is 2.49. The van der Waals surface area contributed by atoms with Gasteiger partial charge in [0, 0.05) is 20.1 Å². The summed E-state index contributed by atoms with van der Waals surface area (Å²) >= 11 is 0. The van der Waals surface area contributed by atoms with Crippen molar-refractivity contribution < 1.29 is 14.5 Å². The van der Waals surface area contributed by atoms with Gasteiger partial charge in [0.25, 0.3) is 0 Å². The van der Waals surface area contributed by atoms with Crippen molar-refractivity contribution in [3.8, 4) is 0 Å². The summed E-state index contributed by atoms with van der Waals surface area (Å²) in [6.45, 7) is 3.34. The molecule has 0 bridgehead atoms. The molecule has 0 N–H and O–H groups in total. The second kappa shape index (κ2) is 5.89. The molecule has 0 aliphatic carbocycles. The number of anilines is 1. The number of piperidine rings is 1. The maximum absolute atomic E-state index is 11.7. The van der Waals surface area contributed by atoms with Crippen molar-refractivity contribution in [1.82, 2.24) is 9.55 Å². The summed E-state index contributed by atoms with van der Waals surface area (Å²) < 4.78 is 6.65. The number of carbonyl (C=O) groups excluding carboxylic acids is 1. The third-order valence-electron chi connectivity index (χ3n) is 3.47. The van der Waals surface area contributed by atoms with Gasteiger partial charge >= 0.3 is 11.8 Å². The Morgan fingerprint density at radius 1 is 1.55 bits per heavy atom. The molecule has 8 heteroatoms. The Bertz CT molecular complexity index is 506. The molecule has 0 radical (unpaired) electrons. The lowest BCUT2D eigenvalue weighted by Crippen LogP contribution is -2.38. The average molecular weight is 282 g/mol. The highest BCUT2D eigenvalue weighted by molar-refractivity contribution is 5.73. The summed E-state index contributed by atoms with van der Waals surface area (Å²) in [6.07, 6.45) is 2.72. The number of nitro groups is 1. The number of hydrogen-bond donors (Lipinski definition) is 0. The van der Waals surface area contributed by atoms with Gasteiger partial charge in [-0.25, -0.2) is 0 Å². The Morgan fingerprint density at radius 2 is 2.20 bits per heavy atom. The number of hydrogen-bond acceptors (Lipinski definition) is 6. The molecule has 20 heavy (non-hydrogen) atoms. The number of aromatic nitrogens is 2. The zero-order chi connectivity index (χ0) is 14.7. The van der Waals surface area contributed by atoms with Crippen molar-refractivity contribution in [1.29, 1.82) is 0 Å². The molecule has 1 aromatic heterocycles. The first-order valence-corrected chi connectivity index (χ1v) is 6.61. The molecule has 1 aliphatic heterocycles. The fourth-order valence-electron chi connectivity index (χ4n) is 2.49. The van der Waals surface area contributed by atoms with E-state index < -0.39 is 4.92 Å². The normalized spacial score (nSPS) is 16.2. The third kappa shape index (κ3) is 2.73. The minimum Gasteiger partial charge on any atom is -0.466 e. The first-order chi connectivity index (χ1) is 9.54. The number of carbonyl (C=O) groups is 1. The van der Waals surface area contributed by atoms with Gasteiger partial charge in [0.05, 0.1) is 12.5 Å². The molecule has 2 heterocycles. The summed E-state index contributed by atoms with van der Waals surface area (Å²) in [7, 11) is 1.73. The van der Waals surface area contributed by atoms with Gasteiger partial charge < -0.3 is 19.8 Å². The van der Waals surface area contributed by atoms with Gasteiger partial charge in [-0.2, -0.15) is 0 Å². The van der Waals surface area contributed by atoms with E-state index in [0.29, 0.717) is 38.4 Å². The van der Waals surface area contributed by atoms with Gasteiger partial charge in [0.2, 0.25) is 12.1 Å². The first-order valence-electron chi connectivity index (χ1n) is 6.61. The highest BCUT2D eigenvalue weighted by Gasteiger charge is 2.31. The summed E-state index contributed by atoms with van der Waals surface area (Å²) in [4.78, 5) is 27.9. The molecule has 1 saturated heterocycles. The van der Waals surface area contributed by atoms with Crippen molar-refractivity contribution in [2.75, 3.05) is 24.6 Å². The summed E-state index contributed by atoms with van der Waals surface area (Å²) in [6, 6.07) is 0. The zero-order valence-corrected chi connectivity index (χ0v) is 11.6. The van der Waals surface area contributed by atoms with Crippen molar-refractivity contribution >= 4 is 17.6 Å². The predicted octanol–water partition coefficient (Wildman–Crippen LogP) is 1.11. The van der Waals surface area contributed by atoms with E-state index in [2.05, 4.69) is 4.98 Å². The molecule has 0 saturated carbocycles. The van der Waals surface area contributed by atoms with Crippen LogP contribution in [0.3, 0.4) is 0 Å². The maximum Gasteiger partial charge on any atom is 0.406 e. The van der Waals surface area contributed by atoms with E-state index in [1.807, 2.05) is 4.90 Å². The quantitative estimate of drug-likeness (QED) is 0.467. The van der Waals surface area contributed by atoms with Crippen LogP contribution in [0.25, 0.3) is 0 Å². The lowest BCUT2D eigenvalue weighted by molar-refractivity contribution is -0.388. The standard InChI is InChI=1S/C12H18N4O4/c1-3-20-12(17)9-4-6-15(7-5-9)11-10(16(18)19)13-8-14(11)2/h8-9H,3-7H2,1-2H3.